The number of nitrogen functional groups attached to an aromatic ring is 1. The summed E-state index contributed by atoms with van der Waals surface area (Å²) in [5.74, 6) is 0.458. The van der Waals surface area contributed by atoms with Crippen LogP contribution in [-0.4, -0.2) is 19.5 Å². The van der Waals surface area contributed by atoms with Gasteiger partial charge in [-0.25, -0.2) is 9.97 Å². The lowest BCUT2D eigenvalue weighted by atomic mass is 10.1. The number of hydrogen-bond acceptors (Lipinski definition) is 4. The summed E-state index contributed by atoms with van der Waals surface area (Å²) in [6.07, 6.45) is 5.20. The number of hydrogen-bond donors (Lipinski definition) is 2. The van der Waals surface area contributed by atoms with E-state index in [1.165, 1.54) is 0 Å². The maximum Gasteiger partial charge on any atom is 0.137 e. The van der Waals surface area contributed by atoms with Gasteiger partial charge in [0, 0.05) is 25.0 Å². The Labute approximate surface area is 110 Å². The minimum absolute atomic E-state index is 0.458. The van der Waals surface area contributed by atoms with Gasteiger partial charge in [0.1, 0.15) is 17.6 Å². The van der Waals surface area contributed by atoms with Gasteiger partial charge in [0.2, 0.25) is 0 Å². The molecule has 19 heavy (non-hydrogen) atoms. The van der Waals surface area contributed by atoms with Crippen LogP contribution in [0.2, 0.25) is 0 Å². The van der Waals surface area contributed by atoms with E-state index in [1.807, 2.05) is 41.1 Å². The molecule has 0 aliphatic rings. The maximum atomic E-state index is 10.2. The molecule has 5 heteroatoms. The van der Waals surface area contributed by atoms with Gasteiger partial charge in [-0.1, -0.05) is 6.07 Å². The van der Waals surface area contributed by atoms with Crippen LogP contribution in [0.25, 0.3) is 5.65 Å². The van der Waals surface area contributed by atoms with Crippen molar-refractivity contribution in [3.05, 3.63) is 60.2 Å². The molecule has 0 radical (unpaired) electrons. The number of nitrogens with zero attached hydrogens (tertiary/aromatic N) is 3. The Hall–Kier alpha value is -2.40. The Morgan fingerprint density at radius 2 is 2.21 bits per heavy atom. The average molecular weight is 254 g/mol. The third-order valence-corrected chi connectivity index (χ3v) is 3.00. The number of fused-ring (bicyclic) bond motifs is 1. The second-order valence-electron chi connectivity index (χ2n) is 4.44. The van der Waals surface area contributed by atoms with Crippen LogP contribution in [0.4, 0.5) is 5.82 Å². The fourth-order valence-corrected chi connectivity index (χ4v) is 2.06. The normalized spacial score (nSPS) is 12.7. The summed E-state index contributed by atoms with van der Waals surface area (Å²) in [5, 5.41) is 10.2. The lowest BCUT2D eigenvalue weighted by Gasteiger charge is -2.07. The molecular formula is C14H14N4O. The Morgan fingerprint density at radius 1 is 1.32 bits per heavy atom. The standard InChI is InChI=1S/C14H14N4O/c15-13-8-10(4-5-16-13)7-12(19)11-9-18-6-2-1-3-14(18)17-11/h1-6,8-9,12,19H,7H2,(H2,15,16). The predicted molar refractivity (Wildman–Crippen MR) is 72.5 cm³/mol. The molecule has 3 N–H and O–H groups in total. The van der Waals surface area contributed by atoms with Crippen molar-refractivity contribution in [1.82, 2.24) is 14.4 Å². The molecule has 3 aromatic rings. The summed E-state index contributed by atoms with van der Waals surface area (Å²) in [6.45, 7) is 0. The van der Waals surface area contributed by atoms with Crippen LogP contribution in [-0.2, 0) is 6.42 Å². The van der Waals surface area contributed by atoms with Gasteiger partial charge in [0.15, 0.2) is 0 Å². The number of aliphatic hydroxyl groups excluding tert-OH is 1. The van der Waals surface area contributed by atoms with Gasteiger partial charge in [-0.15, -0.1) is 0 Å². The molecule has 0 aromatic carbocycles. The SMILES string of the molecule is Nc1cc(CC(O)c2cn3ccccc3n2)ccn1. The van der Waals surface area contributed by atoms with Crippen molar-refractivity contribution in [2.75, 3.05) is 5.73 Å². The van der Waals surface area contributed by atoms with Crippen molar-refractivity contribution < 1.29 is 5.11 Å². The highest BCUT2D eigenvalue weighted by Crippen LogP contribution is 2.18. The molecule has 0 aliphatic heterocycles. The van der Waals surface area contributed by atoms with Gasteiger partial charge in [0.05, 0.1) is 5.69 Å². The number of pyridine rings is 2. The van der Waals surface area contributed by atoms with Crippen LogP contribution in [0.15, 0.2) is 48.9 Å². The van der Waals surface area contributed by atoms with E-state index in [-0.39, 0.29) is 0 Å². The molecule has 0 fully saturated rings. The van der Waals surface area contributed by atoms with E-state index in [9.17, 15) is 5.11 Å². The van der Waals surface area contributed by atoms with E-state index in [1.54, 1.807) is 12.3 Å². The maximum absolute atomic E-state index is 10.2. The van der Waals surface area contributed by atoms with Crippen LogP contribution in [0.3, 0.4) is 0 Å². The molecule has 0 amide bonds. The number of aromatic nitrogens is 3. The molecular weight excluding hydrogens is 240 g/mol. The van der Waals surface area contributed by atoms with E-state index < -0.39 is 6.10 Å². The predicted octanol–water partition coefficient (Wildman–Crippen LogP) is 1.59. The molecule has 5 nitrogen and oxygen atoms in total. The largest absolute Gasteiger partial charge is 0.386 e. The smallest absolute Gasteiger partial charge is 0.137 e. The van der Waals surface area contributed by atoms with E-state index >= 15 is 0 Å². The first-order chi connectivity index (χ1) is 9.22. The molecule has 96 valence electrons. The van der Waals surface area contributed by atoms with Gasteiger partial charge in [0.25, 0.3) is 0 Å². The minimum atomic E-state index is -0.651. The molecule has 3 heterocycles. The molecule has 1 unspecified atom stereocenters. The van der Waals surface area contributed by atoms with Crippen LogP contribution < -0.4 is 5.73 Å². The van der Waals surface area contributed by atoms with E-state index in [4.69, 9.17) is 5.73 Å². The highest BCUT2D eigenvalue weighted by atomic mass is 16.3. The third kappa shape index (κ3) is 2.41. The lowest BCUT2D eigenvalue weighted by molar-refractivity contribution is 0.174. The summed E-state index contributed by atoms with van der Waals surface area (Å²) in [6, 6.07) is 9.35. The van der Waals surface area contributed by atoms with Crippen LogP contribution in [0.1, 0.15) is 17.4 Å². The number of nitrogens with two attached hydrogens (primary N) is 1. The van der Waals surface area contributed by atoms with E-state index in [0.717, 1.165) is 11.2 Å². The fraction of sp³-hybridized carbons (Fsp3) is 0.143. The number of imidazole rings is 1. The van der Waals surface area contributed by atoms with E-state index in [0.29, 0.717) is 17.9 Å². The zero-order valence-corrected chi connectivity index (χ0v) is 10.3. The topological polar surface area (TPSA) is 76.4 Å². The van der Waals surface area contributed by atoms with Gasteiger partial charge >= 0.3 is 0 Å². The second kappa shape index (κ2) is 4.70. The number of anilines is 1. The minimum Gasteiger partial charge on any atom is -0.386 e. The summed E-state index contributed by atoms with van der Waals surface area (Å²) in [7, 11) is 0. The van der Waals surface area contributed by atoms with Crippen molar-refractivity contribution in [1.29, 1.82) is 0 Å². The lowest BCUT2D eigenvalue weighted by Crippen LogP contribution is -2.03. The summed E-state index contributed by atoms with van der Waals surface area (Å²) < 4.78 is 1.89. The van der Waals surface area contributed by atoms with Crippen LogP contribution >= 0.6 is 0 Å². The van der Waals surface area contributed by atoms with Gasteiger partial charge in [-0.3, -0.25) is 0 Å². The number of aliphatic hydroxyl groups is 1. The Morgan fingerprint density at radius 3 is 3.00 bits per heavy atom. The van der Waals surface area contributed by atoms with Crippen molar-refractivity contribution in [2.24, 2.45) is 0 Å². The molecule has 1 atom stereocenters. The molecule has 3 aromatic heterocycles. The summed E-state index contributed by atoms with van der Waals surface area (Å²) >= 11 is 0. The van der Waals surface area contributed by atoms with Crippen LogP contribution in [0.5, 0.6) is 0 Å². The fourth-order valence-electron chi connectivity index (χ4n) is 2.06. The van der Waals surface area contributed by atoms with Gasteiger partial charge < -0.3 is 15.2 Å². The molecule has 3 rings (SSSR count). The summed E-state index contributed by atoms with van der Waals surface area (Å²) in [4.78, 5) is 8.33. The first-order valence-corrected chi connectivity index (χ1v) is 6.04. The Balaban J connectivity index is 1.85. The second-order valence-corrected chi connectivity index (χ2v) is 4.44. The van der Waals surface area contributed by atoms with E-state index in [2.05, 4.69) is 9.97 Å². The van der Waals surface area contributed by atoms with Gasteiger partial charge in [-0.05, 0) is 29.8 Å². The van der Waals surface area contributed by atoms with Crippen LogP contribution in [0, 0.1) is 0 Å². The molecule has 0 aliphatic carbocycles. The molecule has 0 spiro atoms. The van der Waals surface area contributed by atoms with Crippen molar-refractivity contribution >= 4 is 11.5 Å². The number of rotatable bonds is 3. The van der Waals surface area contributed by atoms with Crippen molar-refractivity contribution in [3.63, 3.8) is 0 Å². The monoisotopic (exact) mass is 254 g/mol. The van der Waals surface area contributed by atoms with Gasteiger partial charge in [-0.2, -0.15) is 0 Å². The highest BCUT2D eigenvalue weighted by Gasteiger charge is 2.12. The first kappa shape index (κ1) is 11.7. The average Bonchev–Trinajstić information content (AvgIpc) is 2.82. The summed E-state index contributed by atoms with van der Waals surface area (Å²) in [5.41, 5.74) is 8.04. The zero-order valence-electron chi connectivity index (χ0n) is 10.3. The zero-order chi connectivity index (χ0) is 13.2. The van der Waals surface area contributed by atoms with Crippen molar-refractivity contribution in [3.8, 4) is 0 Å². The quantitative estimate of drug-likeness (QED) is 0.744. The molecule has 0 saturated heterocycles. The van der Waals surface area contributed by atoms with Crippen molar-refractivity contribution in [2.45, 2.75) is 12.5 Å². The highest BCUT2D eigenvalue weighted by molar-refractivity contribution is 5.40. The molecule has 0 bridgehead atoms. The third-order valence-electron chi connectivity index (χ3n) is 3.00. The first-order valence-electron chi connectivity index (χ1n) is 6.04. The molecule has 0 saturated carbocycles. The Kier molecular flexibility index (Phi) is 2.89. The Bertz CT molecular complexity index is 674.